The Labute approximate surface area is 127 Å². The average molecular weight is 294 g/mol. The zero-order valence-corrected chi connectivity index (χ0v) is 13.7. The summed E-state index contributed by atoms with van der Waals surface area (Å²) in [5.74, 6) is 0.571. The number of benzene rings is 1. The van der Waals surface area contributed by atoms with E-state index in [2.05, 4.69) is 41.7 Å². The van der Waals surface area contributed by atoms with Crippen molar-refractivity contribution in [3.8, 4) is 0 Å². The molecule has 0 radical (unpaired) electrons. The fraction of sp³-hybridized carbons (Fsp3) is 0.562. The maximum Gasteiger partial charge on any atom is 0.191 e. The van der Waals surface area contributed by atoms with Gasteiger partial charge in [-0.2, -0.15) is 0 Å². The summed E-state index contributed by atoms with van der Waals surface area (Å²) in [6.07, 6.45) is 0. The van der Waals surface area contributed by atoms with Gasteiger partial charge in [0.15, 0.2) is 5.96 Å². The first-order valence-electron chi connectivity index (χ1n) is 7.26. The average Bonchev–Trinajstić information content (AvgIpc) is 2.40. The lowest BCUT2D eigenvalue weighted by Gasteiger charge is -2.21. The van der Waals surface area contributed by atoms with Gasteiger partial charge in [0.1, 0.15) is 5.82 Å². The standard InChI is InChI=1S/C16H27FN4/c1-12-10-13(6-7-14(12)17)11-20-15(18-5)19-8-9-21-16(2,3)4/h6-7,10,21H,8-9,11H2,1-5H3,(H2,18,19,20). The lowest BCUT2D eigenvalue weighted by Crippen LogP contribution is -2.44. The number of aryl methyl sites for hydroxylation is 1. The van der Waals surface area contributed by atoms with Gasteiger partial charge in [-0.25, -0.2) is 4.39 Å². The van der Waals surface area contributed by atoms with Crippen molar-refractivity contribution in [1.82, 2.24) is 16.0 Å². The first-order valence-corrected chi connectivity index (χ1v) is 7.26. The Hall–Kier alpha value is -1.62. The number of nitrogens with zero attached hydrogens (tertiary/aromatic N) is 1. The SMILES string of the molecule is CN=C(NCCNC(C)(C)C)NCc1ccc(F)c(C)c1. The summed E-state index contributed by atoms with van der Waals surface area (Å²) in [4.78, 5) is 4.17. The van der Waals surface area contributed by atoms with Crippen molar-refractivity contribution in [2.24, 2.45) is 4.99 Å². The molecule has 0 saturated heterocycles. The van der Waals surface area contributed by atoms with Crippen LogP contribution in [0.4, 0.5) is 4.39 Å². The van der Waals surface area contributed by atoms with Crippen LogP contribution < -0.4 is 16.0 Å². The number of guanidine groups is 1. The van der Waals surface area contributed by atoms with E-state index in [0.717, 1.165) is 24.6 Å². The largest absolute Gasteiger partial charge is 0.355 e. The van der Waals surface area contributed by atoms with Crippen molar-refractivity contribution in [3.63, 3.8) is 0 Å². The molecule has 0 amide bonds. The van der Waals surface area contributed by atoms with Gasteiger partial charge in [0.25, 0.3) is 0 Å². The van der Waals surface area contributed by atoms with Gasteiger partial charge in [-0.3, -0.25) is 4.99 Å². The van der Waals surface area contributed by atoms with Crippen LogP contribution in [0, 0.1) is 12.7 Å². The van der Waals surface area contributed by atoms with Gasteiger partial charge in [-0.05, 0) is 44.9 Å². The van der Waals surface area contributed by atoms with Gasteiger partial charge in [0, 0.05) is 32.2 Å². The van der Waals surface area contributed by atoms with Crippen LogP contribution in [-0.2, 0) is 6.54 Å². The molecule has 1 rings (SSSR count). The fourth-order valence-electron chi connectivity index (χ4n) is 1.84. The predicted octanol–water partition coefficient (Wildman–Crippen LogP) is 2.19. The van der Waals surface area contributed by atoms with Crippen LogP contribution in [0.15, 0.2) is 23.2 Å². The van der Waals surface area contributed by atoms with E-state index >= 15 is 0 Å². The molecular weight excluding hydrogens is 267 g/mol. The Balaban J connectivity index is 2.36. The Kier molecular flexibility index (Phi) is 6.62. The van der Waals surface area contributed by atoms with Gasteiger partial charge >= 0.3 is 0 Å². The second-order valence-electron chi connectivity index (χ2n) is 6.11. The number of halogens is 1. The summed E-state index contributed by atoms with van der Waals surface area (Å²) < 4.78 is 13.2. The van der Waals surface area contributed by atoms with Crippen molar-refractivity contribution < 1.29 is 4.39 Å². The summed E-state index contributed by atoms with van der Waals surface area (Å²) in [5.41, 5.74) is 1.81. The van der Waals surface area contributed by atoms with E-state index in [1.54, 1.807) is 20.0 Å². The van der Waals surface area contributed by atoms with Crippen molar-refractivity contribution in [2.45, 2.75) is 39.8 Å². The molecule has 0 fully saturated rings. The molecule has 0 unspecified atom stereocenters. The molecule has 4 nitrogen and oxygen atoms in total. The van der Waals surface area contributed by atoms with Crippen LogP contribution in [0.5, 0.6) is 0 Å². The van der Waals surface area contributed by atoms with Crippen LogP contribution in [0.25, 0.3) is 0 Å². The number of hydrogen-bond donors (Lipinski definition) is 3. The lowest BCUT2D eigenvalue weighted by molar-refractivity contribution is 0.428. The molecule has 0 aliphatic carbocycles. The minimum absolute atomic E-state index is 0.115. The third-order valence-electron chi connectivity index (χ3n) is 2.98. The van der Waals surface area contributed by atoms with Crippen molar-refractivity contribution in [2.75, 3.05) is 20.1 Å². The minimum Gasteiger partial charge on any atom is -0.355 e. The molecule has 21 heavy (non-hydrogen) atoms. The van der Waals surface area contributed by atoms with Crippen molar-refractivity contribution >= 4 is 5.96 Å². The first kappa shape index (κ1) is 17.4. The topological polar surface area (TPSA) is 48.5 Å². The smallest absolute Gasteiger partial charge is 0.191 e. The van der Waals surface area contributed by atoms with Crippen LogP contribution in [0.2, 0.25) is 0 Å². The van der Waals surface area contributed by atoms with E-state index in [0.29, 0.717) is 12.1 Å². The van der Waals surface area contributed by atoms with Crippen LogP contribution in [0.1, 0.15) is 31.9 Å². The molecule has 5 heteroatoms. The normalized spacial score (nSPS) is 12.4. The summed E-state index contributed by atoms with van der Waals surface area (Å²) >= 11 is 0. The predicted molar refractivity (Wildman–Crippen MR) is 87.1 cm³/mol. The number of hydrogen-bond acceptors (Lipinski definition) is 2. The maximum atomic E-state index is 13.2. The summed E-state index contributed by atoms with van der Waals surface area (Å²) in [7, 11) is 1.74. The Morgan fingerprint density at radius 2 is 1.90 bits per heavy atom. The molecule has 0 aromatic heterocycles. The van der Waals surface area contributed by atoms with E-state index in [1.165, 1.54) is 6.07 Å². The van der Waals surface area contributed by atoms with Crippen LogP contribution in [0.3, 0.4) is 0 Å². The van der Waals surface area contributed by atoms with Crippen molar-refractivity contribution in [3.05, 3.63) is 35.1 Å². The number of nitrogens with one attached hydrogen (secondary N) is 3. The molecular formula is C16H27FN4. The molecule has 1 aromatic carbocycles. The Morgan fingerprint density at radius 1 is 1.19 bits per heavy atom. The van der Waals surface area contributed by atoms with Gasteiger partial charge in [0.2, 0.25) is 0 Å². The lowest BCUT2D eigenvalue weighted by atomic mass is 10.1. The maximum absolute atomic E-state index is 13.2. The highest BCUT2D eigenvalue weighted by atomic mass is 19.1. The molecule has 0 heterocycles. The molecule has 0 saturated carbocycles. The molecule has 1 aromatic rings. The minimum atomic E-state index is -0.172. The van der Waals surface area contributed by atoms with Crippen LogP contribution >= 0.6 is 0 Å². The van der Waals surface area contributed by atoms with E-state index in [9.17, 15) is 4.39 Å². The van der Waals surface area contributed by atoms with Crippen molar-refractivity contribution in [1.29, 1.82) is 0 Å². The van der Waals surface area contributed by atoms with E-state index < -0.39 is 0 Å². The first-order chi connectivity index (χ1) is 9.81. The zero-order valence-electron chi connectivity index (χ0n) is 13.7. The van der Waals surface area contributed by atoms with E-state index in [-0.39, 0.29) is 11.4 Å². The van der Waals surface area contributed by atoms with Gasteiger partial charge < -0.3 is 16.0 Å². The highest BCUT2D eigenvalue weighted by Crippen LogP contribution is 2.08. The van der Waals surface area contributed by atoms with E-state index in [1.807, 2.05) is 6.07 Å². The Bertz CT molecular complexity index is 478. The summed E-state index contributed by atoms with van der Waals surface area (Å²) in [5, 5.41) is 9.86. The Morgan fingerprint density at radius 3 is 2.48 bits per heavy atom. The molecule has 118 valence electrons. The monoisotopic (exact) mass is 294 g/mol. The third-order valence-corrected chi connectivity index (χ3v) is 2.98. The number of rotatable bonds is 5. The quantitative estimate of drug-likeness (QED) is 0.443. The fourth-order valence-corrected chi connectivity index (χ4v) is 1.84. The number of aliphatic imine (C=N–C) groups is 1. The summed E-state index contributed by atoms with van der Waals surface area (Å²) in [6.45, 7) is 10.4. The van der Waals surface area contributed by atoms with Crippen LogP contribution in [-0.4, -0.2) is 31.6 Å². The third kappa shape index (κ3) is 7.09. The zero-order chi connectivity index (χ0) is 15.9. The molecule has 0 aliphatic heterocycles. The highest BCUT2D eigenvalue weighted by Gasteiger charge is 2.07. The second-order valence-corrected chi connectivity index (χ2v) is 6.11. The molecule has 0 aliphatic rings. The summed E-state index contributed by atoms with van der Waals surface area (Å²) in [6, 6.07) is 5.12. The van der Waals surface area contributed by atoms with Gasteiger partial charge in [-0.1, -0.05) is 12.1 Å². The van der Waals surface area contributed by atoms with E-state index in [4.69, 9.17) is 0 Å². The highest BCUT2D eigenvalue weighted by molar-refractivity contribution is 5.79. The molecule has 3 N–H and O–H groups in total. The molecule has 0 spiro atoms. The van der Waals surface area contributed by atoms with Gasteiger partial charge in [-0.15, -0.1) is 0 Å². The molecule has 0 bridgehead atoms. The molecule has 0 atom stereocenters. The second kappa shape index (κ2) is 7.98. The van der Waals surface area contributed by atoms with Gasteiger partial charge in [0.05, 0.1) is 0 Å².